The maximum absolute atomic E-state index is 3.68. The largest absolute Gasteiger partial charge is 0.380 e. The lowest BCUT2D eigenvalue weighted by atomic mass is 9.93. The van der Waals surface area contributed by atoms with Gasteiger partial charge in [-0.2, -0.15) is 0 Å². The summed E-state index contributed by atoms with van der Waals surface area (Å²) in [5, 5.41) is 3.68. The zero-order chi connectivity index (χ0) is 12.0. The van der Waals surface area contributed by atoms with Crippen LogP contribution in [0.25, 0.3) is 0 Å². The van der Waals surface area contributed by atoms with E-state index in [1.54, 1.807) is 0 Å². The first-order valence-electron chi connectivity index (χ1n) is 6.40. The van der Waals surface area contributed by atoms with Crippen molar-refractivity contribution in [2.24, 2.45) is 0 Å². The zero-order valence-electron chi connectivity index (χ0n) is 10.5. The second-order valence-electron chi connectivity index (χ2n) is 4.95. The number of nitrogens with one attached hydrogen (secondary N) is 1. The van der Waals surface area contributed by atoms with Gasteiger partial charge in [-0.25, -0.2) is 0 Å². The molecule has 0 aromatic rings. The van der Waals surface area contributed by atoms with E-state index in [0.717, 1.165) is 25.7 Å². The Hall–Kier alpha value is -1.50. The van der Waals surface area contributed by atoms with Gasteiger partial charge in [-0.05, 0) is 38.7 Å². The second kappa shape index (κ2) is 5.72. The third-order valence-electron chi connectivity index (χ3n) is 3.18. The molecule has 1 N–H and O–H groups in total. The predicted octanol–water partition coefficient (Wildman–Crippen LogP) is 4.03. The molecule has 0 radical (unpaired) electrons. The Balaban J connectivity index is 2.06. The van der Waals surface area contributed by atoms with E-state index in [9.17, 15) is 0 Å². The summed E-state index contributed by atoms with van der Waals surface area (Å²) in [4.78, 5) is 0. The Morgan fingerprint density at radius 1 is 0.941 bits per heavy atom. The van der Waals surface area contributed by atoms with Gasteiger partial charge in [0.15, 0.2) is 0 Å². The summed E-state index contributed by atoms with van der Waals surface area (Å²) in [6, 6.07) is 0. The van der Waals surface area contributed by atoms with E-state index in [0.29, 0.717) is 0 Å². The minimum atomic E-state index is 0.141. The fourth-order valence-corrected chi connectivity index (χ4v) is 2.17. The third-order valence-corrected chi connectivity index (χ3v) is 3.18. The van der Waals surface area contributed by atoms with Gasteiger partial charge in [-0.15, -0.1) is 0 Å². The Kier molecular flexibility index (Phi) is 4.03. The van der Waals surface area contributed by atoms with Crippen LogP contribution >= 0.6 is 0 Å². The van der Waals surface area contributed by atoms with E-state index in [1.807, 2.05) is 0 Å². The van der Waals surface area contributed by atoms with Crippen LogP contribution in [0.3, 0.4) is 0 Å². The molecular weight excluding hydrogens is 206 g/mol. The molecule has 0 atom stereocenters. The first-order chi connectivity index (χ1) is 8.29. The molecule has 2 rings (SSSR count). The zero-order valence-corrected chi connectivity index (χ0v) is 10.5. The van der Waals surface area contributed by atoms with Gasteiger partial charge in [0.25, 0.3) is 0 Å². The van der Waals surface area contributed by atoms with E-state index < -0.39 is 0 Å². The minimum Gasteiger partial charge on any atom is -0.380 e. The highest BCUT2D eigenvalue weighted by molar-refractivity contribution is 5.24. The highest BCUT2D eigenvalue weighted by Crippen LogP contribution is 2.21. The van der Waals surface area contributed by atoms with Gasteiger partial charge in [0, 0.05) is 11.2 Å². The van der Waals surface area contributed by atoms with Crippen molar-refractivity contribution >= 4 is 0 Å². The molecule has 0 spiro atoms. The summed E-state index contributed by atoms with van der Waals surface area (Å²) in [6.07, 6.45) is 24.1. The Morgan fingerprint density at radius 2 is 1.65 bits per heavy atom. The van der Waals surface area contributed by atoms with Gasteiger partial charge in [-0.1, -0.05) is 48.6 Å². The molecule has 0 bridgehead atoms. The van der Waals surface area contributed by atoms with Crippen LogP contribution in [-0.2, 0) is 0 Å². The fourth-order valence-electron chi connectivity index (χ4n) is 2.17. The molecule has 0 saturated heterocycles. The molecule has 0 aromatic heterocycles. The molecule has 0 saturated carbocycles. The van der Waals surface area contributed by atoms with Crippen LogP contribution in [0, 0.1) is 0 Å². The molecule has 0 heterocycles. The van der Waals surface area contributed by atoms with Crippen molar-refractivity contribution in [3.05, 3.63) is 60.4 Å². The van der Waals surface area contributed by atoms with E-state index in [-0.39, 0.29) is 5.54 Å². The SMILES string of the molecule is CC1(NC2=CC/C=C\C/C=C\2)CC=CC=CC1. The van der Waals surface area contributed by atoms with Crippen molar-refractivity contribution in [1.29, 1.82) is 0 Å². The molecular formula is C16H21N. The summed E-state index contributed by atoms with van der Waals surface area (Å²) < 4.78 is 0. The molecule has 2 aliphatic carbocycles. The first-order valence-corrected chi connectivity index (χ1v) is 6.40. The average molecular weight is 227 g/mol. The van der Waals surface area contributed by atoms with Crippen LogP contribution in [0.2, 0.25) is 0 Å². The number of allylic oxidation sites excluding steroid dienone is 7. The molecule has 90 valence electrons. The summed E-state index contributed by atoms with van der Waals surface area (Å²) in [7, 11) is 0. The maximum Gasteiger partial charge on any atom is 0.0414 e. The molecule has 17 heavy (non-hydrogen) atoms. The van der Waals surface area contributed by atoms with Crippen molar-refractivity contribution in [2.45, 2.75) is 38.1 Å². The Bertz CT molecular complexity index is 380. The van der Waals surface area contributed by atoms with Gasteiger partial charge in [0.1, 0.15) is 0 Å². The normalized spacial score (nSPS) is 26.3. The molecule has 0 unspecified atom stereocenters. The van der Waals surface area contributed by atoms with Crippen molar-refractivity contribution in [3.8, 4) is 0 Å². The van der Waals surface area contributed by atoms with Crippen molar-refractivity contribution in [3.63, 3.8) is 0 Å². The molecule has 0 aliphatic heterocycles. The van der Waals surface area contributed by atoms with Gasteiger partial charge in [0.05, 0.1) is 0 Å². The quantitative estimate of drug-likeness (QED) is 0.702. The van der Waals surface area contributed by atoms with E-state index >= 15 is 0 Å². The Morgan fingerprint density at radius 3 is 2.41 bits per heavy atom. The van der Waals surface area contributed by atoms with Gasteiger partial charge >= 0.3 is 0 Å². The highest BCUT2D eigenvalue weighted by atomic mass is 15.0. The van der Waals surface area contributed by atoms with Crippen LogP contribution in [0.15, 0.2) is 60.4 Å². The topological polar surface area (TPSA) is 12.0 Å². The van der Waals surface area contributed by atoms with Crippen LogP contribution in [0.4, 0.5) is 0 Å². The van der Waals surface area contributed by atoms with Crippen LogP contribution in [0.1, 0.15) is 32.6 Å². The lowest BCUT2D eigenvalue weighted by molar-refractivity contribution is 0.402. The van der Waals surface area contributed by atoms with E-state index in [2.05, 4.69) is 66.9 Å². The summed E-state index contributed by atoms with van der Waals surface area (Å²) in [6.45, 7) is 2.29. The number of hydrogen-bond donors (Lipinski definition) is 1. The van der Waals surface area contributed by atoms with E-state index in [1.165, 1.54) is 5.70 Å². The Labute approximate surface area is 104 Å². The maximum atomic E-state index is 3.68. The predicted molar refractivity (Wildman–Crippen MR) is 74.7 cm³/mol. The standard InChI is InChI=1S/C16H21N/c1-16(13-9-5-6-10-14-16)17-15-11-7-3-2-4-8-12-15/h2-3,5-6,8-12,17H,4,7,13-14H2,1H3/b3-2-,12-8-,15-11?. The third kappa shape index (κ3) is 3.77. The summed E-state index contributed by atoms with van der Waals surface area (Å²) in [5.41, 5.74) is 1.39. The molecule has 2 aliphatic rings. The first kappa shape index (κ1) is 12.0. The second-order valence-corrected chi connectivity index (χ2v) is 4.95. The van der Waals surface area contributed by atoms with Gasteiger partial charge in [-0.3, -0.25) is 0 Å². The molecule has 0 amide bonds. The highest BCUT2D eigenvalue weighted by Gasteiger charge is 2.21. The molecule has 1 heteroatoms. The van der Waals surface area contributed by atoms with E-state index in [4.69, 9.17) is 0 Å². The minimum absolute atomic E-state index is 0.141. The fraction of sp³-hybridized carbons (Fsp3) is 0.375. The van der Waals surface area contributed by atoms with Crippen LogP contribution in [0.5, 0.6) is 0 Å². The van der Waals surface area contributed by atoms with Crippen LogP contribution < -0.4 is 5.32 Å². The number of rotatable bonds is 2. The van der Waals surface area contributed by atoms with Gasteiger partial charge in [0.2, 0.25) is 0 Å². The molecule has 1 nitrogen and oxygen atoms in total. The molecule has 0 fully saturated rings. The average Bonchev–Trinajstić information content (AvgIpc) is 2.47. The van der Waals surface area contributed by atoms with Crippen molar-refractivity contribution in [2.75, 3.05) is 0 Å². The lowest BCUT2D eigenvalue weighted by Gasteiger charge is -2.30. The lowest BCUT2D eigenvalue weighted by Crippen LogP contribution is -2.40. The van der Waals surface area contributed by atoms with Gasteiger partial charge < -0.3 is 5.32 Å². The smallest absolute Gasteiger partial charge is 0.0414 e. The summed E-state index contributed by atoms with van der Waals surface area (Å²) in [5.74, 6) is 0. The van der Waals surface area contributed by atoms with Crippen molar-refractivity contribution < 1.29 is 0 Å². The summed E-state index contributed by atoms with van der Waals surface area (Å²) >= 11 is 0. The monoisotopic (exact) mass is 227 g/mol. The molecule has 0 aromatic carbocycles. The van der Waals surface area contributed by atoms with Crippen LogP contribution in [-0.4, -0.2) is 5.54 Å². The number of hydrogen-bond acceptors (Lipinski definition) is 1. The van der Waals surface area contributed by atoms with Crippen molar-refractivity contribution in [1.82, 2.24) is 5.32 Å².